The molecule has 0 aromatic heterocycles. The van der Waals surface area contributed by atoms with Crippen LogP contribution in [0, 0.1) is 0 Å². The van der Waals surface area contributed by atoms with Gasteiger partial charge in [0.05, 0.1) is 44.4 Å². The minimum Gasteiger partial charge on any atom is -0.480 e. The Balaban J connectivity index is 0.0000184. The molecule has 0 spiro atoms. The van der Waals surface area contributed by atoms with Crippen LogP contribution in [0.1, 0.15) is 113 Å². The number of primary amides is 1. The fourth-order valence-electron chi connectivity index (χ4n) is 12.7. The Morgan fingerprint density at radius 3 is 1.74 bits per heavy atom. The average molecular weight is 1520 g/mol. The predicted molar refractivity (Wildman–Crippen MR) is 379 cm³/mol. The standard InChI is InChI=1S/C68H102N12O17S3.Cu/c1-3-4-6-17-58(84)70-50-35-79-20-9-16-56(79)67(95)80-21-10-15-55(80)65(93)74-62(45(2)81)66(94)71-52(18-19-57(69)83)63(91)72-53(34-46-12-7-5-8-13-46)64(92)73-54(68(96)97)44-100-42-49-32-47(31-48(33-49)41-99-43-50)40-98-30-11-14-51(82)36-75-22-24-76(37-59(85)86)26-28-78(39-61(89)90)29-27-77(25-23-75)38-60(87)88;/h5,7-8,12-13,31-33,45,50,52-56,62,81H,3-4,6,9-11,14-30,34-44H2,1-2H3,(H2,69,83)(H,70,84)(H,71,94)(H,72,91)(H,73,92)(H,74,93)(H,85,86)(H,87,88)(H,89,90)(H,96,97);/t45-,50-,52+,53+,54+,55+,56+,62+;/m1./s1. The minimum absolute atomic E-state index is 0. The molecule has 565 valence electrons. The summed E-state index contributed by atoms with van der Waals surface area (Å²) in [7, 11) is 0. The zero-order valence-corrected chi connectivity index (χ0v) is 61.1. The van der Waals surface area contributed by atoms with E-state index in [2.05, 4.69) is 44.5 Å². The summed E-state index contributed by atoms with van der Waals surface area (Å²) >= 11 is 4.48. The Hall–Kier alpha value is -6.39. The molecule has 2 aromatic carbocycles. The molecule has 1 radical (unpaired) electrons. The van der Waals surface area contributed by atoms with E-state index in [1.165, 1.54) is 23.6 Å². The number of aliphatic hydroxyl groups excluding tert-OH is 1. The quantitative estimate of drug-likeness (QED) is 0.0455. The molecule has 33 heteroatoms. The molecular formula is C68H102CuN12O17S3. The van der Waals surface area contributed by atoms with E-state index < -0.39 is 108 Å². The maximum Gasteiger partial charge on any atom is 0.327 e. The Bertz CT molecular complexity index is 3060. The van der Waals surface area contributed by atoms with Gasteiger partial charge in [0.1, 0.15) is 36.0 Å². The molecule has 12 N–H and O–H groups in total. The zero-order chi connectivity index (χ0) is 72.7. The van der Waals surface area contributed by atoms with Crippen molar-refractivity contribution < 1.29 is 100 Å². The third kappa shape index (κ3) is 30.8. The Morgan fingerprint density at radius 2 is 1.18 bits per heavy atom. The van der Waals surface area contributed by atoms with Gasteiger partial charge in [0.2, 0.25) is 41.4 Å². The molecule has 2 aromatic rings. The van der Waals surface area contributed by atoms with E-state index in [1.807, 2.05) is 17.0 Å². The molecular weight excluding hydrogens is 1420 g/mol. The third-order valence-electron chi connectivity index (χ3n) is 17.9. The van der Waals surface area contributed by atoms with Gasteiger partial charge in [-0.1, -0.05) is 68.3 Å². The number of unbranched alkanes of at least 4 members (excludes halogenated alkanes) is 2. The second-order valence-electron chi connectivity index (χ2n) is 26.2. The van der Waals surface area contributed by atoms with Crippen LogP contribution in [0.4, 0.5) is 0 Å². The maximum absolute atomic E-state index is 14.7. The number of thioether (sulfide) groups is 3. The number of aliphatic hydroxyl groups is 1. The molecule has 3 saturated heterocycles. The summed E-state index contributed by atoms with van der Waals surface area (Å²) in [5.41, 5.74) is 8.86. The molecule has 4 heterocycles. The first-order chi connectivity index (χ1) is 47.8. The summed E-state index contributed by atoms with van der Waals surface area (Å²) in [5, 5.41) is 64.1. The molecule has 0 saturated carbocycles. The van der Waals surface area contributed by atoms with Crippen molar-refractivity contribution in [3.8, 4) is 0 Å². The van der Waals surface area contributed by atoms with Crippen molar-refractivity contribution in [2.45, 2.75) is 163 Å². The Kier molecular flexibility index (Phi) is 38.0. The molecule has 6 rings (SSSR count). The van der Waals surface area contributed by atoms with Gasteiger partial charge in [-0.2, -0.15) is 35.3 Å². The fourth-order valence-corrected chi connectivity index (χ4v) is 15.6. The van der Waals surface area contributed by atoms with Crippen LogP contribution in [-0.4, -0.2) is 290 Å². The largest absolute Gasteiger partial charge is 0.480 e. The van der Waals surface area contributed by atoms with E-state index in [4.69, 9.17) is 5.73 Å². The normalized spacial score (nSPS) is 23.5. The van der Waals surface area contributed by atoms with Gasteiger partial charge >= 0.3 is 23.9 Å². The van der Waals surface area contributed by atoms with Crippen molar-refractivity contribution in [1.29, 1.82) is 0 Å². The van der Waals surface area contributed by atoms with Crippen LogP contribution in [-0.2, 0) is 98.3 Å². The predicted octanol–water partition coefficient (Wildman–Crippen LogP) is 0.655. The molecule has 4 aliphatic heterocycles. The number of fused-ring (bicyclic) bond motifs is 4. The summed E-state index contributed by atoms with van der Waals surface area (Å²) in [6, 6.07) is 6.59. The van der Waals surface area contributed by atoms with Gasteiger partial charge in [-0.25, -0.2) is 4.79 Å². The van der Waals surface area contributed by atoms with Gasteiger partial charge in [-0.05, 0) is 86.4 Å². The van der Waals surface area contributed by atoms with Crippen molar-refractivity contribution in [3.05, 3.63) is 70.8 Å². The van der Waals surface area contributed by atoms with Crippen molar-refractivity contribution in [2.24, 2.45) is 5.73 Å². The zero-order valence-electron chi connectivity index (χ0n) is 57.7. The fraction of sp³-hybridized carbons (Fsp3) is 0.647. The first-order valence-corrected chi connectivity index (χ1v) is 38.0. The van der Waals surface area contributed by atoms with Crippen LogP contribution >= 0.6 is 35.3 Å². The minimum atomic E-state index is -1.65. The maximum atomic E-state index is 14.7. The van der Waals surface area contributed by atoms with E-state index in [1.54, 1.807) is 68.6 Å². The van der Waals surface area contributed by atoms with Crippen molar-refractivity contribution in [1.82, 2.24) is 56.0 Å². The third-order valence-corrected chi connectivity index (χ3v) is 21.3. The monoisotopic (exact) mass is 1520 g/mol. The van der Waals surface area contributed by atoms with Gasteiger partial charge in [-0.3, -0.25) is 77.2 Å². The van der Waals surface area contributed by atoms with E-state index in [9.17, 15) is 83.1 Å². The van der Waals surface area contributed by atoms with Crippen LogP contribution < -0.4 is 32.3 Å². The number of aliphatic carboxylic acids is 4. The summed E-state index contributed by atoms with van der Waals surface area (Å²) in [5.74, 6) is -7.00. The Labute approximate surface area is 613 Å². The summed E-state index contributed by atoms with van der Waals surface area (Å²) in [6.45, 7) is 5.85. The average Bonchev–Trinajstić information content (AvgIpc) is 1.67. The number of carboxylic acid groups (broad SMARTS) is 4. The molecule has 7 amide bonds. The number of carbonyl (C=O) groups excluding carboxylic acids is 8. The molecule has 0 unspecified atom stereocenters. The Morgan fingerprint density at radius 1 is 0.624 bits per heavy atom. The summed E-state index contributed by atoms with van der Waals surface area (Å²) < 4.78 is 0. The molecule has 8 atom stereocenters. The van der Waals surface area contributed by atoms with Crippen molar-refractivity contribution >= 4 is 106 Å². The van der Waals surface area contributed by atoms with Gasteiger partial charge < -0.3 is 62.8 Å². The topological polar surface area (TPSA) is 412 Å². The van der Waals surface area contributed by atoms with E-state index in [0.717, 1.165) is 29.5 Å². The SMILES string of the molecule is CCCCCC(=O)N[C@H]1CSCc2cc(CSCCCC(=O)CN3CCN(CC(=O)O)CCN(CC(=O)O)CCN(CC(=O)O)CC3)cc(c2)CSC[C@@H](C(=O)O)NC(=O)[C@H](Cc2ccccc2)NC(=O)[C@H](CCC(N)=O)NC(=O)[C@H]([C@@H](C)O)NC(=O)[C@@H]2CCCN2C(=O)[C@@H]2CCCN2C1.[Cu]. The second-order valence-corrected chi connectivity index (χ2v) is 29.3. The number of carbonyl (C=O) groups is 12. The number of Topliss-reactive ketones (excluding diaryl/α,β-unsaturated/α-hetero) is 1. The summed E-state index contributed by atoms with van der Waals surface area (Å²) in [4.78, 5) is 170. The van der Waals surface area contributed by atoms with Crippen LogP contribution in [0.15, 0.2) is 48.5 Å². The van der Waals surface area contributed by atoms with Gasteiger partial charge in [0.25, 0.3) is 0 Å². The number of rotatable bonds is 26. The molecule has 4 aliphatic rings. The van der Waals surface area contributed by atoms with Crippen LogP contribution in [0.2, 0.25) is 0 Å². The number of hydrogen-bond acceptors (Lipinski definition) is 21. The number of nitrogens with two attached hydrogens (primary N) is 1. The molecule has 3 fully saturated rings. The molecule has 0 aliphatic carbocycles. The van der Waals surface area contributed by atoms with Gasteiger partial charge in [0.15, 0.2) is 0 Å². The van der Waals surface area contributed by atoms with Crippen LogP contribution in [0.3, 0.4) is 0 Å². The molecule has 2 bridgehead atoms. The van der Waals surface area contributed by atoms with Crippen LogP contribution in [0.5, 0.6) is 0 Å². The van der Waals surface area contributed by atoms with E-state index in [-0.39, 0.29) is 138 Å². The van der Waals surface area contributed by atoms with Crippen LogP contribution in [0.25, 0.3) is 0 Å². The first kappa shape index (κ1) is 85.3. The van der Waals surface area contributed by atoms with E-state index >= 15 is 0 Å². The number of benzene rings is 2. The van der Waals surface area contributed by atoms with Crippen molar-refractivity contribution in [2.75, 3.05) is 115 Å². The number of ketones is 1. The number of amides is 7. The first-order valence-electron chi connectivity index (χ1n) is 34.5. The smallest absolute Gasteiger partial charge is 0.327 e. The number of carboxylic acids is 4. The molecule has 29 nitrogen and oxygen atoms in total. The van der Waals surface area contributed by atoms with E-state index in [0.29, 0.717) is 99.0 Å². The number of nitrogens with one attached hydrogen (secondary N) is 5. The van der Waals surface area contributed by atoms with Gasteiger partial charge in [-0.15, -0.1) is 0 Å². The number of nitrogens with zero attached hydrogens (tertiary/aromatic N) is 6. The second kappa shape index (κ2) is 45.0. The number of hydrogen-bond donors (Lipinski definition) is 11. The molecule has 101 heavy (non-hydrogen) atoms. The summed E-state index contributed by atoms with van der Waals surface area (Å²) in [6.07, 6.45) is 3.07. The van der Waals surface area contributed by atoms with Gasteiger partial charge in [0, 0.05) is 137 Å². The van der Waals surface area contributed by atoms with Crippen molar-refractivity contribution in [3.63, 3.8) is 0 Å².